The number of nitrogens with one attached hydrogen (secondary N) is 1. The molecule has 1 aromatic heterocycles. The van der Waals surface area contributed by atoms with Crippen molar-refractivity contribution in [3.05, 3.63) is 57.3 Å². The number of esters is 1. The molecule has 0 radical (unpaired) electrons. The summed E-state index contributed by atoms with van der Waals surface area (Å²) in [7, 11) is 1.35. The molecule has 1 aromatic carbocycles. The molecular weight excluding hydrogens is 298 g/mol. The lowest BCUT2D eigenvalue weighted by Crippen LogP contribution is -2.30. The molecule has 22 heavy (non-hydrogen) atoms. The van der Waals surface area contributed by atoms with Crippen LogP contribution in [0.5, 0.6) is 0 Å². The number of carbonyl (C=O) groups excluding carboxylic acids is 2. The molecule has 0 spiro atoms. The number of carbonyl (C=O) groups is 2. The maximum absolute atomic E-state index is 12.5. The van der Waals surface area contributed by atoms with Gasteiger partial charge in [0.15, 0.2) is 0 Å². The maximum atomic E-state index is 12.5. The van der Waals surface area contributed by atoms with Crippen molar-refractivity contribution in [1.29, 1.82) is 0 Å². The molecule has 1 atom stereocenters. The van der Waals surface area contributed by atoms with Gasteiger partial charge >= 0.3 is 5.97 Å². The van der Waals surface area contributed by atoms with Gasteiger partial charge in [-0.2, -0.15) is 0 Å². The molecule has 0 fully saturated rings. The molecular formula is C17H19NO3S. The highest BCUT2D eigenvalue weighted by Crippen LogP contribution is 2.23. The third-order valence-corrected chi connectivity index (χ3v) is 4.40. The van der Waals surface area contributed by atoms with Gasteiger partial charge in [0.25, 0.3) is 5.91 Å². The summed E-state index contributed by atoms with van der Waals surface area (Å²) in [6, 6.07) is 9.11. The number of benzene rings is 1. The number of thiophene rings is 1. The molecule has 0 saturated heterocycles. The summed E-state index contributed by atoms with van der Waals surface area (Å²) in [5, 5.41) is 4.85. The van der Waals surface area contributed by atoms with Gasteiger partial charge in [0.1, 0.15) is 0 Å². The Morgan fingerprint density at radius 2 is 2.05 bits per heavy atom. The largest absolute Gasteiger partial charge is 0.469 e. The van der Waals surface area contributed by atoms with E-state index in [1.165, 1.54) is 18.4 Å². The first-order chi connectivity index (χ1) is 10.5. The molecule has 0 aliphatic rings. The predicted octanol–water partition coefficient (Wildman–Crippen LogP) is 3.40. The van der Waals surface area contributed by atoms with Crippen molar-refractivity contribution >= 4 is 23.2 Å². The lowest BCUT2D eigenvalue weighted by atomic mass is 10.0. The quantitative estimate of drug-likeness (QED) is 0.860. The number of ether oxygens (including phenoxy) is 1. The first-order valence-electron chi connectivity index (χ1n) is 6.99. The first kappa shape index (κ1) is 16.2. The van der Waals surface area contributed by atoms with Crippen molar-refractivity contribution in [2.24, 2.45) is 0 Å². The van der Waals surface area contributed by atoms with Gasteiger partial charge in [-0.3, -0.25) is 9.59 Å². The Kier molecular flexibility index (Phi) is 5.33. The Morgan fingerprint density at radius 1 is 1.27 bits per heavy atom. The molecule has 0 bridgehead atoms. The van der Waals surface area contributed by atoms with Gasteiger partial charge in [-0.15, -0.1) is 11.3 Å². The molecule has 1 amide bonds. The standard InChI is InChI=1S/C17H19NO3S/c1-11-6-7-13(12(2)9-11)17(20)18-14(10-16(19)21-3)15-5-4-8-22-15/h4-9,14H,10H2,1-3H3,(H,18,20). The van der Waals surface area contributed by atoms with Crippen molar-refractivity contribution in [3.8, 4) is 0 Å². The van der Waals surface area contributed by atoms with E-state index in [1.807, 2.05) is 49.6 Å². The van der Waals surface area contributed by atoms with Crippen LogP contribution in [0.1, 0.15) is 38.8 Å². The number of hydrogen-bond acceptors (Lipinski definition) is 4. The minimum Gasteiger partial charge on any atom is -0.469 e. The lowest BCUT2D eigenvalue weighted by molar-refractivity contribution is -0.141. The van der Waals surface area contributed by atoms with Crippen LogP contribution >= 0.6 is 11.3 Å². The second-order valence-corrected chi connectivity index (χ2v) is 6.12. The third-order valence-electron chi connectivity index (χ3n) is 3.42. The Bertz CT molecular complexity index is 665. The Hall–Kier alpha value is -2.14. The van der Waals surface area contributed by atoms with Crippen molar-refractivity contribution in [3.63, 3.8) is 0 Å². The minimum absolute atomic E-state index is 0.119. The van der Waals surface area contributed by atoms with E-state index in [9.17, 15) is 9.59 Å². The Labute approximate surface area is 134 Å². The average molecular weight is 317 g/mol. The fraction of sp³-hybridized carbons (Fsp3) is 0.294. The second kappa shape index (κ2) is 7.22. The Morgan fingerprint density at radius 3 is 2.64 bits per heavy atom. The van der Waals surface area contributed by atoms with Crippen LogP contribution in [0.15, 0.2) is 35.7 Å². The van der Waals surface area contributed by atoms with Crippen LogP contribution in [0, 0.1) is 13.8 Å². The summed E-state index contributed by atoms with van der Waals surface area (Å²) in [5.41, 5.74) is 2.65. The summed E-state index contributed by atoms with van der Waals surface area (Å²) in [6.07, 6.45) is 0.119. The van der Waals surface area contributed by atoms with Gasteiger partial charge in [-0.1, -0.05) is 23.8 Å². The molecule has 0 saturated carbocycles. The molecule has 1 N–H and O–H groups in total. The van der Waals surface area contributed by atoms with Gasteiger partial charge in [0, 0.05) is 10.4 Å². The molecule has 2 aromatic rings. The average Bonchev–Trinajstić information content (AvgIpc) is 3.00. The van der Waals surface area contributed by atoms with E-state index in [1.54, 1.807) is 0 Å². The zero-order chi connectivity index (χ0) is 16.1. The SMILES string of the molecule is COC(=O)CC(NC(=O)c1ccc(C)cc1C)c1cccs1. The molecule has 1 unspecified atom stereocenters. The summed E-state index contributed by atoms with van der Waals surface area (Å²) >= 11 is 1.50. The van der Waals surface area contributed by atoms with E-state index in [-0.39, 0.29) is 24.3 Å². The summed E-state index contributed by atoms with van der Waals surface area (Å²) in [5.74, 6) is -0.529. The third kappa shape index (κ3) is 3.95. The monoisotopic (exact) mass is 317 g/mol. The zero-order valence-corrected chi connectivity index (χ0v) is 13.7. The summed E-state index contributed by atoms with van der Waals surface area (Å²) < 4.78 is 4.72. The molecule has 0 aliphatic heterocycles. The molecule has 2 rings (SSSR count). The van der Waals surface area contributed by atoms with E-state index in [0.717, 1.165) is 16.0 Å². The van der Waals surface area contributed by atoms with Crippen LogP contribution < -0.4 is 5.32 Å². The highest BCUT2D eigenvalue weighted by Gasteiger charge is 2.21. The lowest BCUT2D eigenvalue weighted by Gasteiger charge is -2.17. The number of methoxy groups -OCH3 is 1. The highest BCUT2D eigenvalue weighted by atomic mass is 32.1. The highest BCUT2D eigenvalue weighted by molar-refractivity contribution is 7.10. The van der Waals surface area contributed by atoms with Gasteiger partial charge in [0.2, 0.25) is 0 Å². The zero-order valence-electron chi connectivity index (χ0n) is 12.9. The van der Waals surface area contributed by atoms with E-state index in [0.29, 0.717) is 5.56 Å². The van der Waals surface area contributed by atoms with E-state index in [4.69, 9.17) is 4.74 Å². The number of hydrogen-bond donors (Lipinski definition) is 1. The van der Waals surface area contributed by atoms with Crippen LogP contribution in [0.2, 0.25) is 0 Å². The number of aryl methyl sites for hydroxylation is 2. The van der Waals surface area contributed by atoms with Crippen molar-refractivity contribution in [2.75, 3.05) is 7.11 Å². The summed E-state index contributed by atoms with van der Waals surface area (Å²) in [6.45, 7) is 3.89. The molecule has 1 heterocycles. The predicted molar refractivity (Wildman–Crippen MR) is 87.1 cm³/mol. The normalized spacial score (nSPS) is 11.8. The second-order valence-electron chi connectivity index (χ2n) is 5.14. The molecule has 4 nitrogen and oxygen atoms in total. The van der Waals surface area contributed by atoms with Crippen molar-refractivity contribution in [2.45, 2.75) is 26.3 Å². The van der Waals surface area contributed by atoms with Crippen molar-refractivity contribution in [1.82, 2.24) is 5.32 Å². The van der Waals surface area contributed by atoms with Crippen LogP contribution in [0.3, 0.4) is 0 Å². The molecule has 116 valence electrons. The van der Waals surface area contributed by atoms with E-state index in [2.05, 4.69) is 5.32 Å². The fourth-order valence-electron chi connectivity index (χ4n) is 2.27. The summed E-state index contributed by atoms with van der Waals surface area (Å²) in [4.78, 5) is 25.0. The molecule has 5 heteroatoms. The van der Waals surface area contributed by atoms with Gasteiger partial charge in [-0.05, 0) is 36.9 Å². The first-order valence-corrected chi connectivity index (χ1v) is 7.87. The van der Waals surface area contributed by atoms with E-state index >= 15 is 0 Å². The fourth-order valence-corrected chi connectivity index (χ4v) is 3.04. The van der Waals surface area contributed by atoms with Gasteiger partial charge < -0.3 is 10.1 Å². The van der Waals surface area contributed by atoms with Gasteiger partial charge in [0.05, 0.1) is 19.6 Å². The Balaban J connectivity index is 2.19. The minimum atomic E-state index is -0.374. The smallest absolute Gasteiger partial charge is 0.307 e. The molecule has 0 aliphatic carbocycles. The maximum Gasteiger partial charge on any atom is 0.307 e. The van der Waals surface area contributed by atoms with Crippen LogP contribution in [0.4, 0.5) is 0 Å². The topological polar surface area (TPSA) is 55.4 Å². The van der Waals surface area contributed by atoms with Crippen LogP contribution in [-0.2, 0) is 9.53 Å². The van der Waals surface area contributed by atoms with Crippen molar-refractivity contribution < 1.29 is 14.3 Å². The number of amides is 1. The van der Waals surface area contributed by atoms with Gasteiger partial charge in [-0.25, -0.2) is 0 Å². The van der Waals surface area contributed by atoms with E-state index < -0.39 is 0 Å². The van der Waals surface area contributed by atoms with Crippen LogP contribution in [0.25, 0.3) is 0 Å². The van der Waals surface area contributed by atoms with Crippen LogP contribution in [-0.4, -0.2) is 19.0 Å². The number of rotatable bonds is 5.